The van der Waals surface area contributed by atoms with Gasteiger partial charge in [0.15, 0.2) is 0 Å². The molecule has 0 aliphatic carbocycles. The Kier molecular flexibility index (Phi) is 8.16. The second-order valence-corrected chi connectivity index (χ2v) is 4.14. The van der Waals surface area contributed by atoms with E-state index in [-0.39, 0.29) is 0 Å². The molecule has 0 saturated heterocycles. The molecule has 0 aromatic carbocycles. The first-order valence-electron chi connectivity index (χ1n) is 4.80. The number of ether oxygens (including phenoxy) is 1. The number of amides is 3. The zero-order valence-corrected chi connectivity index (χ0v) is 10.6. The van der Waals surface area contributed by atoms with Gasteiger partial charge in [-0.3, -0.25) is 10.1 Å². The number of thioether (sulfide) groups is 1. The molecule has 0 rings (SSSR count). The first kappa shape index (κ1) is 15.7. The third kappa shape index (κ3) is 8.52. The van der Waals surface area contributed by atoms with Crippen molar-refractivity contribution in [3.05, 3.63) is 0 Å². The van der Waals surface area contributed by atoms with Crippen molar-refractivity contribution in [2.75, 3.05) is 38.8 Å². The van der Waals surface area contributed by atoms with Gasteiger partial charge in [-0.2, -0.15) is 11.8 Å². The van der Waals surface area contributed by atoms with E-state index >= 15 is 0 Å². The summed E-state index contributed by atoms with van der Waals surface area (Å²) in [5.41, 5.74) is 0. The fourth-order valence-corrected chi connectivity index (χ4v) is 1.27. The second-order valence-electron chi connectivity index (χ2n) is 3.15. The number of nitrogens with one attached hydrogen (secondary N) is 1. The van der Waals surface area contributed by atoms with Crippen LogP contribution in [-0.2, 0) is 14.3 Å². The molecule has 0 unspecified atom stereocenters. The highest BCUT2D eigenvalue weighted by atomic mass is 32.2. The first-order valence-corrected chi connectivity index (χ1v) is 6.20. The maximum atomic E-state index is 11.4. The van der Waals surface area contributed by atoms with Crippen molar-refractivity contribution in [2.24, 2.45) is 0 Å². The minimum absolute atomic E-state index is 0.450. The molecule has 0 fully saturated rings. The first-order chi connectivity index (χ1) is 7.97. The maximum absolute atomic E-state index is 11.4. The number of carbonyl (C=O) groups is 3. The molecule has 17 heavy (non-hydrogen) atoms. The third-order valence-corrected chi connectivity index (χ3v) is 2.27. The summed E-state index contributed by atoms with van der Waals surface area (Å²) < 4.78 is 4.53. The van der Waals surface area contributed by atoms with Gasteiger partial charge in [-0.25, -0.2) is 9.59 Å². The number of urea groups is 1. The van der Waals surface area contributed by atoms with E-state index in [4.69, 9.17) is 5.11 Å². The molecule has 8 heteroatoms. The molecule has 0 aromatic rings. The predicted molar refractivity (Wildman–Crippen MR) is 63.0 cm³/mol. The molecular formula is C9H16N2O5S. The molecule has 0 atom stereocenters. The highest BCUT2D eigenvalue weighted by Crippen LogP contribution is 1.93. The zero-order chi connectivity index (χ0) is 13.3. The molecular weight excluding hydrogens is 248 g/mol. The monoisotopic (exact) mass is 264 g/mol. The van der Waals surface area contributed by atoms with Crippen LogP contribution >= 0.6 is 11.8 Å². The number of imide groups is 1. The van der Waals surface area contributed by atoms with Gasteiger partial charge in [-0.05, 0) is 6.26 Å². The number of aliphatic carboxylic acids is 1. The van der Waals surface area contributed by atoms with Crippen LogP contribution < -0.4 is 5.32 Å². The topological polar surface area (TPSA) is 95.9 Å². The number of hydrogen-bond donors (Lipinski definition) is 2. The lowest BCUT2D eigenvalue weighted by molar-refractivity contribution is -0.143. The van der Waals surface area contributed by atoms with Gasteiger partial charge in [-0.15, -0.1) is 0 Å². The smallest absolute Gasteiger partial charge is 0.329 e. The Labute approximate surface area is 103 Å². The lowest BCUT2D eigenvalue weighted by Crippen LogP contribution is -2.43. The lowest BCUT2D eigenvalue weighted by atomic mass is 10.6. The van der Waals surface area contributed by atoms with Crippen LogP contribution in [0.25, 0.3) is 0 Å². The van der Waals surface area contributed by atoms with E-state index in [9.17, 15) is 14.4 Å². The summed E-state index contributed by atoms with van der Waals surface area (Å²) >= 11 is 1.59. The molecule has 3 amide bonds. The van der Waals surface area contributed by atoms with Crippen molar-refractivity contribution in [1.82, 2.24) is 10.2 Å². The summed E-state index contributed by atoms with van der Waals surface area (Å²) in [6, 6.07) is -0.525. The summed E-state index contributed by atoms with van der Waals surface area (Å²) in [7, 11) is 1.57. The second kappa shape index (κ2) is 8.82. The minimum Gasteiger partial charge on any atom is -0.480 e. The molecule has 0 saturated carbocycles. The number of hydrogen-bond acceptors (Lipinski definition) is 5. The van der Waals surface area contributed by atoms with Crippen LogP contribution in [0.15, 0.2) is 0 Å². The summed E-state index contributed by atoms with van der Waals surface area (Å²) in [5.74, 6) is -1.05. The van der Waals surface area contributed by atoms with E-state index in [2.05, 4.69) is 10.1 Å². The van der Waals surface area contributed by atoms with E-state index in [0.717, 1.165) is 5.75 Å². The van der Waals surface area contributed by atoms with Gasteiger partial charge >= 0.3 is 12.0 Å². The van der Waals surface area contributed by atoms with Gasteiger partial charge in [-0.1, -0.05) is 0 Å². The fraction of sp³-hybridized carbons (Fsp3) is 0.667. The highest BCUT2D eigenvalue weighted by Gasteiger charge is 2.12. The minimum atomic E-state index is -1.17. The Hall–Kier alpha value is -1.28. The van der Waals surface area contributed by atoms with Crippen molar-refractivity contribution < 1.29 is 24.2 Å². The van der Waals surface area contributed by atoms with Crippen molar-refractivity contribution in [3.8, 4) is 0 Å². The van der Waals surface area contributed by atoms with E-state index in [1.165, 1.54) is 4.90 Å². The molecule has 0 aliphatic rings. The Morgan fingerprint density at radius 2 is 2.00 bits per heavy atom. The molecule has 0 aromatic heterocycles. The quantitative estimate of drug-likeness (QED) is 0.650. The molecule has 0 spiro atoms. The number of carboxylic acid groups (broad SMARTS) is 1. The number of rotatable bonds is 7. The maximum Gasteiger partial charge on any atom is 0.329 e. The SMILES string of the molecule is CSCCN(C)C(=O)NC(=O)COCC(=O)O. The van der Waals surface area contributed by atoms with Crippen LogP contribution in [0.3, 0.4) is 0 Å². The fourth-order valence-electron chi connectivity index (χ4n) is 0.812. The molecule has 2 N–H and O–H groups in total. The van der Waals surface area contributed by atoms with Gasteiger partial charge in [0, 0.05) is 19.3 Å². The molecule has 0 bridgehead atoms. The van der Waals surface area contributed by atoms with Crippen molar-refractivity contribution >= 4 is 29.7 Å². The van der Waals surface area contributed by atoms with Crippen LogP contribution in [0.2, 0.25) is 0 Å². The van der Waals surface area contributed by atoms with E-state index in [1.807, 2.05) is 6.26 Å². The zero-order valence-electron chi connectivity index (χ0n) is 9.76. The van der Waals surface area contributed by atoms with E-state index in [0.29, 0.717) is 6.54 Å². The Morgan fingerprint density at radius 3 is 2.53 bits per heavy atom. The summed E-state index contributed by atoms with van der Waals surface area (Å²) in [6.07, 6.45) is 1.91. The van der Waals surface area contributed by atoms with Gasteiger partial charge in [0.2, 0.25) is 0 Å². The molecule has 0 radical (unpaired) electrons. The third-order valence-electron chi connectivity index (χ3n) is 1.68. The molecule has 0 heterocycles. The van der Waals surface area contributed by atoms with Crippen LogP contribution in [0.4, 0.5) is 4.79 Å². The molecule has 98 valence electrons. The van der Waals surface area contributed by atoms with E-state index < -0.39 is 31.1 Å². The van der Waals surface area contributed by atoms with Crippen LogP contribution in [-0.4, -0.2) is 66.7 Å². The van der Waals surface area contributed by atoms with Crippen LogP contribution in [0.1, 0.15) is 0 Å². The number of nitrogens with zero attached hydrogens (tertiary/aromatic N) is 1. The highest BCUT2D eigenvalue weighted by molar-refractivity contribution is 7.98. The van der Waals surface area contributed by atoms with Crippen LogP contribution in [0.5, 0.6) is 0 Å². The molecule has 7 nitrogen and oxygen atoms in total. The van der Waals surface area contributed by atoms with Crippen LogP contribution in [0, 0.1) is 0 Å². The Balaban J connectivity index is 3.79. The van der Waals surface area contributed by atoms with Crippen molar-refractivity contribution in [2.45, 2.75) is 0 Å². The largest absolute Gasteiger partial charge is 0.480 e. The lowest BCUT2D eigenvalue weighted by Gasteiger charge is -2.16. The average molecular weight is 264 g/mol. The number of carbonyl (C=O) groups excluding carboxylic acids is 2. The Morgan fingerprint density at radius 1 is 1.35 bits per heavy atom. The van der Waals surface area contributed by atoms with Gasteiger partial charge in [0.25, 0.3) is 5.91 Å². The number of carboxylic acids is 1. The van der Waals surface area contributed by atoms with E-state index in [1.54, 1.807) is 18.8 Å². The average Bonchev–Trinajstić information content (AvgIpc) is 2.25. The summed E-state index contributed by atoms with van der Waals surface area (Å²) in [5, 5.41) is 10.3. The summed E-state index contributed by atoms with van der Waals surface area (Å²) in [4.78, 5) is 34.0. The standard InChI is InChI=1S/C9H16N2O5S/c1-11(3-4-17-2)9(15)10-7(12)5-16-6-8(13)14/h3-6H2,1-2H3,(H,13,14)(H,10,12,15). The van der Waals surface area contributed by atoms with Gasteiger partial charge in [0.05, 0.1) is 0 Å². The van der Waals surface area contributed by atoms with Crippen molar-refractivity contribution in [1.29, 1.82) is 0 Å². The predicted octanol–water partition coefficient (Wildman–Crippen LogP) is -0.381. The Bertz CT molecular complexity index is 285. The van der Waals surface area contributed by atoms with Crippen molar-refractivity contribution in [3.63, 3.8) is 0 Å². The van der Waals surface area contributed by atoms with Gasteiger partial charge in [0.1, 0.15) is 13.2 Å². The van der Waals surface area contributed by atoms with Gasteiger partial charge < -0.3 is 14.7 Å². The summed E-state index contributed by atoms with van der Waals surface area (Å²) in [6.45, 7) is -0.491. The molecule has 0 aliphatic heterocycles. The normalized spacial score (nSPS) is 9.76.